The second-order valence-electron chi connectivity index (χ2n) is 4.86. The summed E-state index contributed by atoms with van der Waals surface area (Å²) < 4.78 is 11.0. The van der Waals surface area contributed by atoms with Gasteiger partial charge in [0.1, 0.15) is 11.6 Å². The Bertz CT molecular complexity index is 386. The summed E-state index contributed by atoms with van der Waals surface area (Å²) in [5.74, 6) is 0.832. The van der Waals surface area contributed by atoms with E-state index in [4.69, 9.17) is 15.0 Å². The van der Waals surface area contributed by atoms with Gasteiger partial charge in [-0.05, 0) is 39.5 Å². The first-order chi connectivity index (χ1) is 8.59. The first-order valence-corrected chi connectivity index (χ1v) is 6.51. The van der Waals surface area contributed by atoms with Crippen molar-refractivity contribution >= 4 is 0 Å². The van der Waals surface area contributed by atoms with Gasteiger partial charge in [0.2, 0.25) is 11.7 Å². The van der Waals surface area contributed by atoms with Crippen molar-refractivity contribution in [2.75, 3.05) is 6.61 Å². The number of nitrogens with two attached hydrogens (primary N) is 1. The molecule has 0 aliphatic heterocycles. The molecule has 2 rings (SSSR count). The number of aromatic nitrogens is 2. The van der Waals surface area contributed by atoms with E-state index in [1.165, 1.54) is 0 Å². The fraction of sp³-hybridized carbons (Fsp3) is 0.833. The minimum atomic E-state index is -0.718. The zero-order chi connectivity index (χ0) is 13.2. The van der Waals surface area contributed by atoms with Crippen LogP contribution in [0.25, 0.3) is 0 Å². The average molecular weight is 255 g/mol. The number of rotatable bonds is 5. The third kappa shape index (κ3) is 2.41. The highest BCUT2D eigenvalue weighted by molar-refractivity contribution is 5.06. The van der Waals surface area contributed by atoms with Crippen LogP contribution in [-0.2, 0) is 10.3 Å². The number of nitrogens with zero attached hydrogens (tertiary/aromatic N) is 2. The van der Waals surface area contributed by atoms with Crippen LogP contribution in [0.3, 0.4) is 0 Å². The molecule has 1 saturated carbocycles. The molecule has 102 valence electrons. The van der Waals surface area contributed by atoms with Gasteiger partial charge in [-0.15, -0.1) is 0 Å². The molecule has 0 radical (unpaired) electrons. The largest absolute Gasteiger partial charge is 0.391 e. The van der Waals surface area contributed by atoms with Gasteiger partial charge >= 0.3 is 0 Å². The Balaban J connectivity index is 2.22. The molecule has 0 amide bonds. The van der Waals surface area contributed by atoms with Crippen molar-refractivity contribution in [1.29, 1.82) is 0 Å². The Morgan fingerprint density at radius 1 is 1.50 bits per heavy atom. The van der Waals surface area contributed by atoms with Crippen molar-refractivity contribution in [3.8, 4) is 0 Å². The summed E-state index contributed by atoms with van der Waals surface area (Å²) in [5.41, 5.74) is 5.36. The minimum absolute atomic E-state index is 0.269. The maximum Gasteiger partial charge on any atom is 0.246 e. The van der Waals surface area contributed by atoms with Gasteiger partial charge < -0.3 is 20.1 Å². The zero-order valence-electron chi connectivity index (χ0n) is 10.9. The van der Waals surface area contributed by atoms with E-state index in [1.807, 2.05) is 6.92 Å². The van der Waals surface area contributed by atoms with Crippen molar-refractivity contribution < 1.29 is 14.4 Å². The van der Waals surface area contributed by atoms with E-state index in [0.29, 0.717) is 12.4 Å². The monoisotopic (exact) mass is 255 g/mol. The van der Waals surface area contributed by atoms with Gasteiger partial charge in [-0.1, -0.05) is 5.16 Å². The second-order valence-corrected chi connectivity index (χ2v) is 4.86. The van der Waals surface area contributed by atoms with Crippen LogP contribution in [-0.4, -0.2) is 28.0 Å². The number of hydrogen-bond donors (Lipinski definition) is 2. The molecule has 6 nitrogen and oxygen atoms in total. The lowest BCUT2D eigenvalue weighted by Gasteiger charge is -2.24. The SMILES string of the molecule is CCOC1(c2noc(C(N)C(C)O)n2)CCCC1. The predicted octanol–water partition coefficient (Wildman–Crippen LogP) is 1.26. The van der Waals surface area contributed by atoms with Gasteiger partial charge in [0.05, 0.1) is 6.10 Å². The van der Waals surface area contributed by atoms with Crippen LogP contribution < -0.4 is 5.73 Å². The van der Waals surface area contributed by atoms with Crippen LogP contribution in [0.15, 0.2) is 4.52 Å². The van der Waals surface area contributed by atoms with E-state index in [9.17, 15) is 5.11 Å². The summed E-state index contributed by atoms with van der Waals surface area (Å²) in [6.45, 7) is 4.18. The van der Waals surface area contributed by atoms with Crippen molar-refractivity contribution in [1.82, 2.24) is 10.1 Å². The van der Waals surface area contributed by atoms with Gasteiger partial charge in [0.15, 0.2) is 0 Å². The Morgan fingerprint density at radius 3 is 2.72 bits per heavy atom. The molecule has 1 aromatic rings. The van der Waals surface area contributed by atoms with Gasteiger partial charge in [0, 0.05) is 6.61 Å². The Kier molecular flexibility index (Phi) is 3.99. The molecule has 3 N–H and O–H groups in total. The molecule has 0 aromatic carbocycles. The lowest BCUT2D eigenvalue weighted by molar-refractivity contribution is -0.0469. The lowest BCUT2D eigenvalue weighted by Crippen LogP contribution is -2.28. The maximum atomic E-state index is 9.43. The molecule has 1 heterocycles. The van der Waals surface area contributed by atoms with Crippen molar-refractivity contribution in [3.05, 3.63) is 11.7 Å². The molecular weight excluding hydrogens is 234 g/mol. The zero-order valence-corrected chi connectivity index (χ0v) is 10.9. The first kappa shape index (κ1) is 13.5. The summed E-state index contributed by atoms with van der Waals surface area (Å²) in [7, 11) is 0. The highest BCUT2D eigenvalue weighted by Gasteiger charge is 2.41. The second kappa shape index (κ2) is 5.34. The Morgan fingerprint density at radius 2 is 2.17 bits per heavy atom. The molecule has 0 saturated heterocycles. The average Bonchev–Trinajstić information content (AvgIpc) is 2.96. The quantitative estimate of drug-likeness (QED) is 0.822. The molecule has 18 heavy (non-hydrogen) atoms. The smallest absolute Gasteiger partial charge is 0.246 e. The van der Waals surface area contributed by atoms with Gasteiger partial charge in [-0.2, -0.15) is 4.98 Å². The summed E-state index contributed by atoms with van der Waals surface area (Å²) in [5, 5.41) is 13.4. The minimum Gasteiger partial charge on any atom is -0.391 e. The molecule has 1 fully saturated rings. The lowest BCUT2D eigenvalue weighted by atomic mass is 10.0. The topological polar surface area (TPSA) is 94.4 Å². The summed E-state index contributed by atoms with van der Waals surface area (Å²) in [4.78, 5) is 4.32. The number of aliphatic hydroxyl groups is 1. The van der Waals surface area contributed by atoms with Gasteiger partial charge in [0.25, 0.3) is 0 Å². The molecule has 0 bridgehead atoms. The van der Waals surface area contributed by atoms with E-state index < -0.39 is 17.7 Å². The Hall–Kier alpha value is -0.980. The van der Waals surface area contributed by atoms with Crippen molar-refractivity contribution in [3.63, 3.8) is 0 Å². The highest BCUT2D eigenvalue weighted by atomic mass is 16.5. The molecule has 1 aromatic heterocycles. The summed E-state index contributed by atoms with van der Waals surface area (Å²) >= 11 is 0. The van der Waals surface area contributed by atoms with Crippen LogP contribution in [0.2, 0.25) is 0 Å². The molecular formula is C12H21N3O3. The van der Waals surface area contributed by atoms with E-state index >= 15 is 0 Å². The fourth-order valence-corrected chi connectivity index (χ4v) is 2.42. The molecule has 1 aliphatic rings. The molecule has 1 aliphatic carbocycles. The van der Waals surface area contributed by atoms with Gasteiger partial charge in [-0.25, -0.2) is 0 Å². The van der Waals surface area contributed by atoms with Crippen molar-refractivity contribution in [2.45, 2.75) is 57.3 Å². The normalized spacial score (nSPS) is 22.0. The standard InChI is InChI=1S/C12H21N3O3/c1-3-17-12(6-4-5-7-12)11-14-10(18-15-11)9(13)8(2)16/h8-9,16H,3-7,13H2,1-2H3. The maximum absolute atomic E-state index is 9.43. The Labute approximate surface area is 107 Å². The fourth-order valence-electron chi connectivity index (χ4n) is 2.42. The number of aliphatic hydroxyl groups excluding tert-OH is 1. The number of hydrogen-bond acceptors (Lipinski definition) is 6. The predicted molar refractivity (Wildman–Crippen MR) is 64.7 cm³/mol. The molecule has 2 unspecified atom stereocenters. The van der Waals surface area contributed by atoms with E-state index in [-0.39, 0.29) is 5.89 Å². The third-order valence-corrected chi connectivity index (χ3v) is 3.49. The van der Waals surface area contributed by atoms with Crippen LogP contribution in [0.5, 0.6) is 0 Å². The summed E-state index contributed by atoms with van der Waals surface area (Å²) in [6.07, 6.45) is 3.30. The van der Waals surface area contributed by atoms with Crippen LogP contribution in [0.4, 0.5) is 0 Å². The van der Waals surface area contributed by atoms with Crippen LogP contribution >= 0.6 is 0 Å². The molecule has 6 heteroatoms. The van der Waals surface area contributed by atoms with E-state index in [2.05, 4.69) is 10.1 Å². The van der Waals surface area contributed by atoms with Crippen LogP contribution in [0, 0.1) is 0 Å². The number of ether oxygens (including phenoxy) is 1. The van der Waals surface area contributed by atoms with Crippen molar-refractivity contribution in [2.24, 2.45) is 5.73 Å². The molecule has 2 atom stereocenters. The van der Waals surface area contributed by atoms with Crippen LogP contribution in [0.1, 0.15) is 57.3 Å². The highest BCUT2D eigenvalue weighted by Crippen LogP contribution is 2.40. The van der Waals surface area contributed by atoms with E-state index in [1.54, 1.807) is 6.92 Å². The third-order valence-electron chi connectivity index (χ3n) is 3.49. The summed E-state index contributed by atoms with van der Waals surface area (Å²) in [6, 6.07) is -0.647. The molecule has 0 spiro atoms. The first-order valence-electron chi connectivity index (χ1n) is 6.51. The van der Waals surface area contributed by atoms with E-state index in [0.717, 1.165) is 25.7 Å². The van der Waals surface area contributed by atoms with Gasteiger partial charge in [-0.3, -0.25) is 0 Å².